The Labute approximate surface area is 151 Å². The largest absolute Gasteiger partial charge is 0.618 e. The molecular weight excluding hydrogens is 372 g/mol. The van der Waals surface area contributed by atoms with Crippen LogP contribution in [-0.4, -0.2) is 32.0 Å². The van der Waals surface area contributed by atoms with Crippen LogP contribution in [0.5, 0.6) is 0 Å². The molecule has 1 aliphatic rings. The molecule has 0 radical (unpaired) electrons. The highest BCUT2D eigenvalue weighted by atomic mass is 19.4. The molecule has 1 aromatic heterocycles. The van der Waals surface area contributed by atoms with E-state index < -0.39 is 51.3 Å². The van der Waals surface area contributed by atoms with Gasteiger partial charge in [-0.1, -0.05) is 6.92 Å². The molecule has 1 aromatic carbocycles. The molecule has 0 amide bonds. The number of carbonyl (C=O) groups is 1. The van der Waals surface area contributed by atoms with Crippen LogP contribution < -0.4 is 19.7 Å². The maximum absolute atomic E-state index is 14.5. The fraction of sp³-hybridized carbons (Fsp3) is 0.438. The molecule has 3 rings (SSSR count). The maximum Gasteiger partial charge on any atom is 0.486 e. The topological polar surface area (TPSA) is 86.2 Å². The van der Waals surface area contributed by atoms with Crippen molar-refractivity contribution in [1.29, 1.82) is 0 Å². The number of nitrogens with zero attached hydrogens (tertiary/aromatic N) is 3. The summed E-state index contributed by atoms with van der Waals surface area (Å²) in [5.74, 6) is -2.05. The summed E-state index contributed by atoms with van der Waals surface area (Å²) in [6.07, 6.45) is -5.65. The van der Waals surface area contributed by atoms with Crippen LogP contribution in [-0.2, 0) is 6.18 Å². The third-order valence-corrected chi connectivity index (χ3v) is 4.42. The first-order valence-corrected chi connectivity index (χ1v) is 8.25. The number of alkyl halides is 3. The van der Waals surface area contributed by atoms with Gasteiger partial charge < -0.3 is 20.6 Å². The Morgan fingerprint density at radius 3 is 2.33 bits per heavy atom. The smallest absolute Gasteiger partial charge is 0.486 e. The van der Waals surface area contributed by atoms with Gasteiger partial charge in [0.25, 0.3) is 11.0 Å². The Kier molecular flexibility index (Phi) is 4.81. The summed E-state index contributed by atoms with van der Waals surface area (Å²) >= 11 is 0. The maximum atomic E-state index is 14.5. The van der Waals surface area contributed by atoms with E-state index in [1.807, 2.05) is 0 Å². The zero-order valence-corrected chi connectivity index (χ0v) is 14.3. The van der Waals surface area contributed by atoms with Crippen LogP contribution in [0.2, 0.25) is 0 Å². The normalized spacial score (nSPS) is 15.4. The van der Waals surface area contributed by atoms with Crippen molar-refractivity contribution in [2.24, 2.45) is 0 Å². The Hall–Kier alpha value is -2.69. The highest BCUT2D eigenvalue weighted by molar-refractivity contribution is 5.94. The lowest BCUT2D eigenvalue weighted by molar-refractivity contribution is -0.647. The Morgan fingerprint density at radius 1 is 1.19 bits per heavy atom. The highest BCUT2D eigenvalue weighted by Crippen LogP contribution is 2.31. The first-order valence-electron chi connectivity index (χ1n) is 8.25. The van der Waals surface area contributed by atoms with E-state index in [1.54, 1.807) is 4.90 Å². The molecule has 2 aromatic rings. The number of carbonyl (C=O) groups excluding carboxylic acids is 1. The molecule has 0 unspecified atom stereocenters. The lowest BCUT2D eigenvalue weighted by atomic mass is 10.1. The molecule has 0 aliphatic carbocycles. The highest BCUT2D eigenvalue weighted by Gasteiger charge is 2.51. The Bertz CT molecular complexity index is 911. The number of rotatable bonds is 3. The van der Waals surface area contributed by atoms with Crippen molar-refractivity contribution in [2.75, 3.05) is 31.1 Å². The van der Waals surface area contributed by atoms with Gasteiger partial charge in [0.05, 0.1) is 11.8 Å². The van der Waals surface area contributed by atoms with Crippen molar-refractivity contribution in [3.8, 4) is 0 Å². The summed E-state index contributed by atoms with van der Waals surface area (Å²) in [7, 11) is 0. The van der Waals surface area contributed by atoms with Crippen molar-refractivity contribution < 1.29 is 31.8 Å². The van der Waals surface area contributed by atoms with E-state index in [1.165, 1.54) is 6.92 Å². The standard InChI is InChI=1S/C16H16F4N4O3/c1-2-13(25)14-15(16(18,19)20)24(27)11-7-9(17)10(8-12(11)23(14)26)22-5-3-21-4-6-22/h7-8,21H,2-6H2,1H3. The monoisotopic (exact) mass is 388 g/mol. The fourth-order valence-corrected chi connectivity index (χ4v) is 3.11. The predicted octanol–water partition coefficient (Wildman–Crippen LogP) is 1.27. The molecule has 0 bridgehead atoms. The summed E-state index contributed by atoms with van der Waals surface area (Å²) < 4.78 is 53.7. The third kappa shape index (κ3) is 3.22. The first kappa shape index (κ1) is 19.1. The second-order valence-electron chi connectivity index (χ2n) is 6.09. The van der Waals surface area contributed by atoms with E-state index in [4.69, 9.17) is 0 Å². The van der Waals surface area contributed by atoms with E-state index in [0.29, 0.717) is 32.2 Å². The number of anilines is 1. The molecule has 1 N–H and O–H groups in total. The number of ketones is 1. The minimum Gasteiger partial charge on any atom is -0.618 e. The molecule has 1 saturated heterocycles. The Morgan fingerprint density at radius 2 is 1.78 bits per heavy atom. The van der Waals surface area contributed by atoms with Gasteiger partial charge in [-0.05, 0) is 0 Å². The second kappa shape index (κ2) is 6.80. The number of aromatic nitrogens is 2. The average molecular weight is 388 g/mol. The van der Waals surface area contributed by atoms with E-state index in [0.717, 1.165) is 6.07 Å². The van der Waals surface area contributed by atoms with Gasteiger partial charge in [0.1, 0.15) is 0 Å². The van der Waals surface area contributed by atoms with Gasteiger partial charge in [-0.2, -0.15) is 17.9 Å². The zero-order chi connectivity index (χ0) is 19.9. The molecule has 1 fully saturated rings. The number of hydrogen-bond donors (Lipinski definition) is 1. The van der Waals surface area contributed by atoms with Crippen LogP contribution in [0.4, 0.5) is 23.2 Å². The number of halogens is 4. The van der Waals surface area contributed by atoms with Gasteiger partial charge in [-0.25, -0.2) is 4.39 Å². The van der Waals surface area contributed by atoms with Crippen molar-refractivity contribution in [3.05, 3.63) is 39.8 Å². The van der Waals surface area contributed by atoms with Crippen LogP contribution in [0.15, 0.2) is 12.1 Å². The van der Waals surface area contributed by atoms with Gasteiger partial charge in [0.2, 0.25) is 5.78 Å². The Balaban J connectivity index is 2.34. The fourth-order valence-electron chi connectivity index (χ4n) is 3.11. The van der Waals surface area contributed by atoms with Gasteiger partial charge >= 0.3 is 17.6 Å². The molecule has 1 aliphatic heterocycles. The van der Waals surface area contributed by atoms with Gasteiger partial charge in [0.15, 0.2) is 5.82 Å². The number of piperazine rings is 1. The molecule has 2 heterocycles. The summed E-state index contributed by atoms with van der Waals surface area (Å²) in [6, 6.07) is 1.62. The molecule has 0 atom stereocenters. The molecule has 0 saturated carbocycles. The lowest BCUT2D eigenvalue weighted by Gasteiger charge is -2.29. The first-order chi connectivity index (χ1) is 12.7. The number of nitrogens with one attached hydrogen (secondary N) is 1. The van der Waals surface area contributed by atoms with E-state index in [-0.39, 0.29) is 10.4 Å². The number of benzene rings is 1. The van der Waals surface area contributed by atoms with Crippen LogP contribution in [0.25, 0.3) is 11.0 Å². The van der Waals surface area contributed by atoms with Crippen molar-refractivity contribution in [3.63, 3.8) is 0 Å². The quantitative estimate of drug-likeness (QED) is 0.370. The minimum atomic E-state index is -5.25. The predicted molar refractivity (Wildman–Crippen MR) is 86.5 cm³/mol. The summed E-state index contributed by atoms with van der Waals surface area (Å²) in [5, 5.41) is 28.0. The molecule has 0 spiro atoms. The van der Waals surface area contributed by atoms with Crippen molar-refractivity contribution in [1.82, 2.24) is 5.32 Å². The minimum absolute atomic E-state index is 0.0109. The van der Waals surface area contributed by atoms with Gasteiger partial charge in [-0.15, -0.1) is 4.73 Å². The summed E-state index contributed by atoms with van der Waals surface area (Å²) in [5.41, 5.74) is -4.52. The zero-order valence-electron chi connectivity index (χ0n) is 14.3. The van der Waals surface area contributed by atoms with Crippen molar-refractivity contribution >= 4 is 22.5 Å². The SMILES string of the molecule is CCC(=O)c1c(C(F)(F)F)[n+]([O-])c2cc(F)c(N3CCNCC3)cc2[n+]1[O-]. The van der Waals surface area contributed by atoms with E-state index in [2.05, 4.69) is 5.32 Å². The molecule has 7 nitrogen and oxygen atoms in total. The van der Waals surface area contributed by atoms with Gasteiger partial charge in [0, 0.05) is 38.7 Å². The van der Waals surface area contributed by atoms with Crippen LogP contribution in [0.1, 0.15) is 29.5 Å². The third-order valence-electron chi connectivity index (χ3n) is 4.42. The van der Waals surface area contributed by atoms with Crippen LogP contribution >= 0.6 is 0 Å². The number of fused-ring (bicyclic) bond motifs is 1. The number of Topliss-reactive ketones (excluding diaryl/α,β-unsaturated/α-hetero) is 1. The molecule has 11 heteroatoms. The van der Waals surface area contributed by atoms with Crippen molar-refractivity contribution in [2.45, 2.75) is 19.5 Å². The average Bonchev–Trinajstić information content (AvgIpc) is 2.63. The summed E-state index contributed by atoms with van der Waals surface area (Å²) in [6.45, 7) is 3.23. The van der Waals surface area contributed by atoms with Gasteiger partial charge in [-0.3, -0.25) is 4.79 Å². The second-order valence-corrected chi connectivity index (χ2v) is 6.09. The molecular formula is C16H16F4N4O3. The molecule has 27 heavy (non-hydrogen) atoms. The lowest BCUT2D eigenvalue weighted by Crippen LogP contribution is -2.50. The van der Waals surface area contributed by atoms with E-state index >= 15 is 0 Å². The summed E-state index contributed by atoms with van der Waals surface area (Å²) in [4.78, 5) is 13.6. The number of hydrogen-bond acceptors (Lipinski definition) is 5. The molecule has 146 valence electrons. The van der Waals surface area contributed by atoms with Crippen LogP contribution in [0.3, 0.4) is 0 Å². The van der Waals surface area contributed by atoms with Crippen LogP contribution in [0, 0.1) is 16.2 Å². The van der Waals surface area contributed by atoms with E-state index in [9.17, 15) is 32.8 Å².